The second-order valence-electron chi connectivity index (χ2n) is 7.93. The van der Waals surface area contributed by atoms with Crippen molar-refractivity contribution in [1.82, 2.24) is 4.90 Å². The van der Waals surface area contributed by atoms with Crippen LogP contribution < -0.4 is 14.7 Å². The average molecular weight is 438 g/mol. The molecular formula is C25H27FN2O4. The lowest BCUT2D eigenvalue weighted by molar-refractivity contribution is -0.858. The number of ketones is 1. The molecule has 2 aromatic rings. The molecule has 7 heteroatoms. The number of rotatable bonds is 9. The fourth-order valence-corrected chi connectivity index (χ4v) is 3.74. The zero-order chi connectivity index (χ0) is 23.3. The lowest BCUT2D eigenvalue weighted by Gasteiger charge is -2.28. The third-order valence-corrected chi connectivity index (χ3v) is 5.29. The number of nitrogens with zero attached hydrogens (tertiary/aromatic N) is 1. The van der Waals surface area contributed by atoms with Crippen LogP contribution in [-0.2, 0) is 9.59 Å². The molecule has 1 aliphatic rings. The summed E-state index contributed by atoms with van der Waals surface area (Å²) < 4.78 is 20.2. The van der Waals surface area contributed by atoms with Crippen LogP contribution in [0.2, 0.25) is 0 Å². The number of hydrogen-bond acceptors (Lipinski definition) is 4. The molecule has 1 saturated heterocycles. The molecule has 0 spiro atoms. The van der Waals surface area contributed by atoms with E-state index in [-0.39, 0.29) is 23.2 Å². The van der Waals surface area contributed by atoms with Crippen LogP contribution in [0.15, 0.2) is 66.8 Å². The van der Waals surface area contributed by atoms with Crippen LogP contribution in [0.3, 0.4) is 0 Å². The molecule has 1 amide bonds. The van der Waals surface area contributed by atoms with Gasteiger partial charge in [-0.05, 0) is 23.8 Å². The van der Waals surface area contributed by atoms with Gasteiger partial charge in [0.05, 0.1) is 26.7 Å². The van der Waals surface area contributed by atoms with Crippen molar-refractivity contribution in [1.29, 1.82) is 0 Å². The van der Waals surface area contributed by atoms with Crippen LogP contribution in [-0.4, -0.2) is 50.4 Å². The van der Waals surface area contributed by atoms with Crippen LogP contribution in [0.1, 0.15) is 23.6 Å². The topological polar surface area (TPSA) is 74.1 Å². The van der Waals surface area contributed by atoms with Gasteiger partial charge in [-0.1, -0.05) is 48.7 Å². The van der Waals surface area contributed by atoms with Gasteiger partial charge in [0.15, 0.2) is 0 Å². The maximum absolute atomic E-state index is 14.7. The number of likely N-dealkylation sites (tertiary alicyclic amines) is 1. The molecule has 0 radical (unpaired) electrons. The van der Waals surface area contributed by atoms with E-state index in [0.717, 1.165) is 6.54 Å². The van der Waals surface area contributed by atoms with Gasteiger partial charge in [-0.25, -0.2) is 4.39 Å². The maximum Gasteiger partial charge on any atom is 0.295 e. The molecule has 1 fully saturated rings. The Morgan fingerprint density at radius 3 is 2.50 bits per heavy atom. The monoisotopic (exact) mass is 438 g/mol. The SMILES string of the molecule is C=CCOc1ccc(C([O-])=C2C(=O)C(=O)N(CCC[NH+](C)C)C2c2ccccc2F)cc1. The van der Waals surface area contributed by atoms with E-state index in [9.17, 15) is 19.1 Å². The van der Waals surface area contributed by atoms with Crippen molar-refractivity contribution in [3.63, 3.8) is 0 Å². The highest BCUT2D eigenvalue weighted by Crippen LogP contribution is 2.39. The minimum atomic E-state index is -1.06. The van der Waals surface area contributed by atoms with Gasteiger partial charge in [0, 0.05) is 24.1 Å². The minimum Gasteiger partial charge on any atom is -0.872 e. The number of carbonyl (C=O) groups is 2. The zero-order valence-electron chi connectivity index (χ0n) is 18.3. The number of hydrogen-bond donors (Lipinski definition) is 1. The van der Waals surface area contributed by atoms with Gasteiger partial charge in [-0.15, -0.1) is 0 Å². The number of Topliss-reactive ketones (excluding diaryl/α,β-unsaturated/α-hetero) is 1. The summed E-state index contributed by atoms with van der Waals surface area (Å²) in [5, 5.41) is 13.3. The molecule has 1 heterocycles. The highest BCUT2D eigenvalue weighted by molar-refractivity contribution is 6.46. The molecule has 1 aliphatic heterocycles. The summed E-state index contributed by atoms with van der Waals surface area (Å²) >= 11 is 0. The van der Waals surface area contributed by atoms with E-state index in [4.69, 9.17) is 4.74 Å². The largest absolute Gasteiger partial charge is 0.872 e. The smallest absolute Gasteiger partial charge is 0.295 e. The third-order valence-electron chi connectivity index (χ3n) is 5.29. The van der Waals surface area contributed by atoms with E-state index in [1.165, 1.54) is 40.1 Å². The Bertz CT molecular complexity index is 1030. The second-order valence-corrected chi connectivity index (χ2v) is 7.93. The van der Waals surface area contributed by atoms with Crippen molar-refractivity contribution in [3.8, 4) is 5.75 Å². The van der Waals surface area contributed by atoms with Gasteiger partial charge in [0.1, 0.15) is 18.2 Å². The summed E-state index contributed by atoms with van der Waals surface area (Å²) in [7, 11) is 3.96. The Hall–Kier alpha value is -3.45. The van der Waals surface area contributed by atoms with E-state index in [2.05, 4.69) is 6.58 Å². The third kappa shape index (κ3) is 4.89. The number of nitrogens with one attached hydrogen (secondary N) is 1. The number of carbonyl (C=O) groups excluding carboxylic acids is 2. The molecule has 1 atom stereocenters. The fourth-order valence-electron chi connectivity index (χ4n) is 3.74. The molecule has 1 unspecified atom stereocenters. The predicted molar refractivity (Wildman–Crippen MR) is 117 cm³/mol. The minimum absolute atomic E-state index is 0.137. The fraction of sp³-hybridized carbons (Fsp3) is 0.280. The Kier molecular flexibility index (Phi) is 7.43. The Labute approximate surface area is 187 Å². The van der Waals surface area contributed by atoms with Gasteiger partial charge in [-0.3, -0.25) is 9.59 Å². The van der Waals surface area contributed by atoms with E-state index >= 15 is 0 Å². The van der Waals surface area contributed by atoms with Gasteiger partial charge in [0.2, 0.25) is 5.78 Å². The quantitative estimate of drug-likeness (QED) is 0.276. The van der Waals surface area contributed by atoms with Crippen molar-refractivity contribution >= 4 is 17.4 Å². The molecule has 168 valence electrons. The first-order chi connectivity index (χ1) is 15.3. The molecule has 2 aromatic carbocycles. The van der Waals surface area contributed by atoms with Crippen LogP contribution >= 0.6 is 0 Å². The number of quaternary nitrogens is 1. The van der Waals surface area contributed by atoms with E-state index in [1.54, 1.807) is 24.3 Å². The normalized spacial score (nSPS) is 17.8. The molecule has 0 bridgehead atoms. The summed E-state index contributed by atoms with van der Waals surface area (Å²) in [4.78, 5) is 28.3. The zero-order valence-corrected chi connectivity index (χ0v) is 18.3. The van der Waals surface area contributed by atoms with Gasteiger partial charge in [0.25, 0.3) is 5.91 Å². The van der Waals surface area contributed by atoms with Crippen LogP contribution in [0.4, 0.5) is 4.39 Å². The van der Waals surface area contributed by atoms with Crippen LogP contribution in [0, 0.1) is 5.82 Å². The number of amides is 1. The average Bonchev–Trinajstić information content (AvgIpc) is 3.02. The first kappa shape index (κ1) is 23.2. The Balaban J connectivity index is 2.04. The van der Waals surface area contributed by atoms with Crippen molar-refractivity contribution in [3.05, 3.63) is 83.7 Å². The molecule has 3 rings (SSSR count). The van der Waals surface area contributed by atoms with Gasteiger partial charge >= 0.3 is 0 Å². The van der Waals surface area contributed by atoms with Crippen molar-refractivity contribution in [2.75, 3.05) is 33.8 Å². The van der Waals surface area contributed by atoms with E-state index in [1.807, 2.05) is 14.1 Å². The van der Waals surface area contributed by atoms with Crippen LogP contribution in [0.5, 0.6) is 5.75 Å². The number of halogens is 1. The molecule has 0 saturated carbocycles. The Morgan fingerprint density at radius 2 is 1.88 bits per heavy atom. The molecule has 1 N–H and O–H groups in total. The number of benzene rings is 2. The lowest BCUT2D eigenvalue weighted by Crippen LogP contribution is -3.05. The highest BCUT2D eigenvalue weighted by atomic mass is 19.1. The van der Waals surface area contributed by atoms with E-state index in [0.29, 0.717) is 18.8 Å². The maximum atomic E-state index is 14.7. The van der Waals surface area contributed by atoms with Gasteiger partial charge in [-0.2, -0.15) is 0 Å². The Morgan fingerprint density at radius 1 is 1.19 bits per heavy atom. The number of ether oxygens (including phenoxy) is 1. The molecular weight excluding hydrogens is 411 g/mol. The first-order valence-electron chi connectivity index (χ1n) is 10.5. The van der Waals surface area contributed by atoms with Crippen molar-refractivity contribution in [2.24, 2.45) is 0 Å². The summed E-state index contributed by atoms with van der Waals surface area (Å²) in [5.41, 5.74) is 0.142. The predicted octanol–water partition coefficient (Wildman–Crippen LogP) is 1.15. The first-order valence-corrected chi connectivity index (χ1v) is 10.5. The second kappa shape index (κ2) is 10.2. The summed E-state index contributed by atoms with van der Waals surface area (Å²) in [6, 6.07) is 11.1. The molecule has 0 aromatic heterocycles. The molecule has 6 nitrogen and oxygen atoms in total. The molecule has 0 aliphatic carbocycles. The highest BCUT2D eigenvalue weighted by Gasteiger charge is 2.44. The molecule has 32 heavy (non-hydrogen) atoms. The summed E-state index contributed by atoms with van der Waals surface area (Å²) in [6.07, 6.45) is 2.21. The van der Waals surface area contributed by atoms with E-state index < -0.39 is 29.3 Å². The summed E-state index contributed by atoms with van der Waals surface area (Å²) in [6.45, 7) is 4.91. The lowest BCUT2D eigenvalue weighted by atomic mass is 9.95. The van der Waals surface area contributed by atoms with Crippen molar-refractivity contribution in [2.45, 2.75) is 12.5 Å². The van der Waals surface area contributed by atoms with Crippen LogP contribution in [0.25, 0.3) is 5.76 Å². The van der Waals surface area contributed by atoms with Crippen molar-refractivity contribution < 1.29 is 28.7 Å². The van der Waals surface area contributed by atoms with Gasteiger partial charge < -0.3 is 19.6 Å². The summed E-state index contributed by atoms with van der Waals surface area (Å²) in [5.74, 6) is -2.28. The standard InChI is InChI=1S/C25H27FN2O4/c1-4-16-32-18-12-10-17(11-13-18)23(29)21-22(19-8-5-6-9-20(19)26)28(25(31)24(21)30)15-7-14-27(2)3/h4-6,8-13,22,29H,1,7,14-16H2,2-3H3.